The van der Waals surface area contributed by atoms with Gasteiger partial charge in [-0.25, -0.2) is 4.98 Å². The molecular formula is C26H27BrClN5S. The molecule has 4 aromatic rings. The van der Waals surface area contributed by atoms with Crippen LogP contribution in [-0.4, -0.2) is 45.4 Å². The van der Waals surface area contributed by atoms with E-state index in [-0.39, 0.29) is 0 Å². The van der Waals surface area contributed by atoms with Gasteiger partial charge in [-0.1, -0.05) is 41.9 Å². The third-order valence-electron chi connectivity index (χ3n) is 6.32. The summed E-state index contributed by atoms with van der Waals surface area (Å²) in [6.45, 7) is 4.14. The molecule has 0 spiro atoms. The van der Waals surface area contributed by atoms with E-state index < -0.39 is 0 Å². The molecular weight excluding hydrogens is 530 g/mol. The number of halogens is 2. The second kappa shape index (κ2) is 10.7. The lowest BCUT2D eigenvalue weighted by Crippen LogP contribution is -2.37. The van der Waals surface area contributed by atoms with Crippen LogP contribution in [0.3, 0.4) is 0 Å². The molecule has 5 nitrogen and oxygen atoms in total. The van der Waals surface area contributed by atoms with E-state index in [1.807, 2.05) is 34.8 Å². The Balaban J connectivity index is 1.30. The van der Waals surface area contributed by atoms with Gasteiger partial charge in [0.05, 0.1) is 16.4 Å². The van der Waals surface area contributed by atoms with Crippen LogP contribution in [0, 0.1) is 5.92 Å². The highest BCUT2D eigenvalue weighted by Crippen LogP contribution is 2.30. The molecule has 5 rings (SSSR count). The zero-order chi connectivity index (χ0) is 23.5. The molecule has 0 aliphatic carbocycles. The van der Waals surface area contributed by atoms with E-state index in [0.717, 1.165) is 53.4 Å². The van der Waals surface area contributed by atoms with Crippen LogP contribution in [0.15, 0.2) is 70.2 Å². The summed E-state index contributed by atoms with van der Waals surface area (Å²) in [5, 5.41) is 8.88. The monoisotopic (exact) mass is 555 g/mol. The zero-order valence-electron chi connectivity index (χ0n) is 19.0. The van der Waals surface area contributed by atoms with E-state index >= 15 is 0 Å². The van der Waals surface area contributed by atoms with Gasteiger partial charge in [0.1, 0.15) is 5.82 Å². The fraction of sp³-hybridized carbons (Fsp3) is 0.308. The largest absolute Gasteiger partial charge is 0.370 e. The van der Waals surface area contributed by atoms with E-state index in [1.54, 1.807) is 18.0 Å². The summed E-state index contributed by atoms with van der Waals surface area (Å²) in [7, 11) is 0. The lowest BCUT2D eigenvalue weighted by Gasteiger charge is -2.33. The van der Waals surface area contributed by atoms with Crippen LogP contribution in [0.1, 0.15) is 18.4 Å². The van der Waals surface area contributed by atoms with Crippen LogP contribution in [0.2, 0.25) is 5.02 Å². The third-order valence-corrected chi connectivity index (χ3v) is 7.95. The fourth-order valence-electron chi connectivity index (χ4n) is 4.57. The van der Waals surface area contributed by atoms with Gasteiger partial charge in [0.25, 0.3) is 0 Å². The molecule has 0 radical (unpaired) electrons. The van der Waals surface area contributed by atoms with E-state index in [1.165, 1.54) is 23.3 Å². The minimum Gasteiger partial charge on any atom is -0.370 e. The highest BCUT2D eigenvalue weighted by molar-refractivity contribution is 9.10. The van der Waals surface area contributed by atoms with Crippen LogP contribution in [0.5, 0.6) is 0 Å². The van der Waals surface area contributed by atoms with Crippen LogP contribution in [-0.2, 0) is 6.54 Å². The Morgan fingerprint density at radius 3 is 2.79 bits per heavy atom. The molecule has 0 amide bonds. The Labute approximate surface area is 218 Å². The maximum absolute atomic E-state index is 6.47. The molecule has 8 heteroatoms. The SMILES string of the molecule is CSc1ccc(CN2CCCC(CNc3cc(-c4ccccc4Cl)nc4c(Br)cnn34)C2)cc1. The summed E-state index contributed by atoms with van der Waals surface area (Å²) in [5.41, 5.74) is 3.91. The molecule has 1 N–H and O–H groups in total. The van der Waals surface area contributed by atoms with Crippen LogP contribution >= 0.6 is 39.3 Å². The Bertz CT molecular complexity index is 1280. The van der Waals surface area contributed by atoms with Gasteiger partial charge in [-0.15, -0.1) is 11.8 Å². The van der Waals surface area contributed by atoms with Crippen molar-refractivity contribution < 1.29 is 0 Å². The third kappa shape index (κ3) is 5.28. The van der Waals surface area contributed by atoms with E-state index in [9.17, 15) is 0 Å². The topological polar surface area (TPSA) is 45.5 Å². The molecule has 0 bridgehead atoms. The van der Waals surface area contributed by atoms with Crippen LogP contribution in [0.25, 0.3) is 16.9 Å². The molecule has 0 saturated carbocycles. The fourth-order valence-corrected chi connectivity index (χ4v) is 5.56. The second-order valence-electron chi connectivity index (χ2n) is 8.71. The Morgan fingerprint density at radius 2 is 2.00 bits per heavy atom. The molecule has 1 atom stereocenters. The Kier molecular flexibility index (Phi) is 7.44. The number of aromatic nitrogens is 3. The number of nitrogens with zero attached hydrogens (tertiary/aromatic N) is 4. The van der Waals surface area contributed by atoms with Crippen LogP contribution < -0.4 is 5.32 Å². The number of thioether (sulfide) groups is 1. The molecule has 34 heavy (non-hydrogen) atoms. The maximum atomic E-state index is 6.47. The number of anilines is 1. The predicted octanol–water partition coefficient (Wildman–Crippen LogP) is 6.86. The Hall–Kier alpha value is -2.06. The van der Waals surface area contributed by atoms with Gasteiger partial charge in [0.15, 0.2) is 5.65 Å². The highest BCUT2D eigenvalue weighted by atomic mass is 79.9. The van der Waals surface area contributed by atoms with E-state index in [4.69, 9.17) is 16.6 Å². The van der Waals surface area contributed by atoms with Crippen molar-refractivity contribution in [3.05, 3.63) is 75.9 Å². The summed E-state index contributed by atoms with van der Waals surface area (Å²) >= 11 is 11.8. The predicted molar refractivity (Wildman–Crippen MR) is 146 cm³/mol. The highest BCUT2D eigenvalue weighted by Gasteiger charge is 2.21. The average Bonchev–Trinajstić information content (AvgIpc) is 3.24. The molecule has 1 unspecified atom stereocenters. The van der Waals surface area contributed by atoms with Gasteiger partial charge < -0.3 is 5.32 Å². The van der Waals surface area contributed by atoms with Crippen molar-refractivity contribution in [3.63, 3.8) is 0 Å². The number of benzene rings is 2. The first-order valence-electron chi connectivity index (χ1n) is 11.5. The molecule has 1 saturated heterocycles. The van der Waals surface area contributed by atoms with Gasteiger partial charge in [0.2, 0.25) is 0 Å². The van der Waals surface area contributed by atoms with Crippen molar-refractivity contribution in [1.29, 1.82) is 0 Å². The average molecular weight is 557 g/mol. The van der Waals surface area contributed by atoms with Gasteiger partial charge >= 0.3 is 0 Å². The molecule has 2 aromatic carbocycles. The first kappa shape index (κ1) is 23.7. The standard InChI is InChI=1S/C26H27BrClN5S/c1-34-20-10-8-18(9-11-20)16-32-12-4-5-19(17-32)14-29-25-13-24(21-6-2-3-7-23(21)28)31-26-22(27)15-30-33(25)26/h2-3,6-11,13,15,19,29H,4-5,12,14,16-17H2,1H3. The molecule has 1 aliphatic heterocycles. The van der Waals surface area contributed by atoms with E-state index in [0.29, 0.717) is 10.9 Å². The van der Waals surface area contributed by atoms with Crippen molar-refractivity contribution in [2.24, 2.45) is 5.92 Å². The van der Waals surface area contributed by atoms with Crippen LogP contribution in [0.4, 0.5) is 5.82 Å². The number of rotatable bonds is 7. The van der Waals surface area contributed by atoms with Crippen molar-refractivity contribution in [3.8, 4) is 11.3 Å². The summed E-state index contributed by atoms with van der Waals surface area (Å²) in [6.07, 6.45) is 6.35. The van der Waals surface area contributed by atoms with E-state index in [2.05, 4.69) is 61.8 Å². The van der Waals surface area contributed by atoms with Gasteiger partial charge in [-0.3, -0.25) is 4.90 Å². The number of hydrogen-bond acceptors (Lipinski definition) is 5. The molecule has 1 aliphatic rings. The minimum atomic E-state index is 0.574. The molecule has 176 valence electrons. The lowest BCUT2D eigenvalue weighted by molar-refractivity contribution is 0.173. The second-order valence-corrected chi connectivity index (χ2v) is 10.8. The first-order valence-corrected chi connectivity index (χ1v) is 13.9. The van der Waals surface area contributed by atoms with Gasteiger partial charge in [-0.05, 0) is 71.3 Å². The number of nitrogens with one attached hydrogen (secondary N) is 1. The number of hydrogen-bond donors (Lipinski definition) is 1. The minimum absolute atomic E-state index is 0.574. The molecule has 1 fully saturated rings. The van der Waals surface area contributed by atoms with Crippen molar-refractivity contribution in [2.75, 3.05) is 31.2 Å². The normalized spacial score (nSPS) is 16.7. The smallest absolute Gasteiger partial charge is 0.172 e. The summed E-state index contributed by atoms with van der Waals surface area (Å²) in [4.78, 5) is 8.70. The zero-order valence-corrected chi connectivity index (χ0v) is 22.2. The van der Waals surface area contributed by atoms with Gasteiger partial charge in [0, 0.05) is 41.2 Å². The number of piperidine rings is 1. The van der Waals surface area contributed by atoms with Crippen molar-refractivity contribution in [2.45, 2.75) is 24.3 Å². The summed E-state index contributed by atoms with van der Waals surface area (Å²) in [6, 6.07) is 18.8. The van der Waals surface area contributed by atoms with Gasteiger partial charge in [-0.2, -0.15) is 9.61 Å². The Morgan fingerprint density at radius 1 is 1.18 bits per heavy atom. The molecule has 2 aromatic heterocycles. The van der Waals surface area contributed by atoms with Crippen molar-refractivity contribution in [1.82, 2.24) is 19.5 Å². The molecule has 3 heterocycles. The van der Waals surface area contributed by atoms with Crippen molar-refractivity contribution >= 4 is 50.8 Å². The summed E-state index contributed by atoms with van der Waals surface area (Å²) in [5.74, 6) is 1.50. The summed E-state index contributed by atoms with van der Waals surface area (Å²) < 4.78 is 2.72. The quantitative estimate of drug-likeness (QED) is 0.252. The maximum Gasteiger partial charge on any atom is 0.172 e. The first-order chi connectivity index (χ1) is 16.6. The number of fused-ring (bicyclic) bond motifs is 1. The lowest BCUT2D eigenvalue weighted by atomic mass is 9.97. The number of likely N-dealkylation sites (tertiary alicyclic amines) is 1.